The second kappa shape index (κ2) is 8.05. The maximum Gasteiger partial charge on any atom is 0.255 e. The number of rotatable bonds is 5. The predicted octanol–water partition coefficient (Wildman–Crippen LogP) is 3.54. The highest BCUT2D eigenvalue weighted by Gasteiger charge is 2.50. The van der Waals surface area contributed by atoms with Crippen LogP contribution in [0.2, 0.25) is 0 Å². The lowest BCUT2D eigenvalue weighted by atomic mass is 9.87. The Kier molecular flexibility index (Phi) is 5.51. The topological polar surface area (TPSA) is 69.7 Å². The molecule has 2 fully saturated rings. The molecule has 150 valence electrons. The highest BCUT2D eigenvalue weighted by molar-refractivity contribution is 5.89. The zero-order valence-corrected chi connectivity index (χ0v) is 16.6. The fraction of sp³-hybridized carbons (Fsp3) is 0.545. The van der Waals surface area contributed by atoms with Crippen molar-refractivity contribution in [1.29, 1.82) is 0 Å². The van der Waals surface area contributed by atoms with Gasteiger partial charge < -0.3 is 19.5 Å². The Hall–Kier alpha value is -2.18. The Labute approximate surface area is 165 Å². The molecule has 1 aromatic carbocycles. The summed E-state index contributed by atoms with van der Waals surface area (Å²) in [6, 6.07) is 7.60. The Balaban J connectivity index is 1.59. The third-order valence-electron chi connectivity index (χ3n) is 5.90. The lowest BCUT2D eigenvalue weighted by Gasteiger charge is -2.38. The van der Waals surface area contributed by atoms with E-state index in [1.54, 1.807) is 13.3 Å². The number of methoxy groups -OCH3 is 1. The molecule has 2 aliphatic rings. The van der Waals surface area contributed by atoms with Crippen LogP contribution in [0.3, 0.4) is 0 Å². The summed E-state index contributed by atoms with van der Waals surface area (Å²) in [4.78, 5) is 17.9. The molecule has 4 rings (SSSR count). The van der Waals surface area contributed by atoms with Gasteiger partial charge in [0.1, 0.15) is 5.75 Å². The van der Waals surface area contributed by atoms with Gasteiger partial charge in [0, 0.05) is 24.8 Å². The lowest BCUT2D eigenvalue weighted by molar-refractivity contribution is -0.168. The molecule has 3 unspecified atom stereocenters. The van der Waals surface area contributed by atoms with E-state index in [1.165, 1.54) is 0 Å². The fourth-order valence-electron chi connectivity index (χ4n) is 4.38. The molecule has 0 aliphatic carbocycles. The summed E-state index contributed by atoms with van der Waals surface area (Å²) >= 11 is 0. The molecule has 2 saturated heterocycles. The minimum atomic E-state index is -0.878. The highest BCUT2D eigenvalue weighted by atomic mass is 16.6. The molecular formula is C22H28N2O4. The molecule has 1 aromatic heterocycles. The maximum absolute atomic E-state index is 13.3. The van der Waals surface area contributed by atoms with Crippen molar-refractivity contribution in [1.82, 2.24) is 10.3 Å². The van der Waals surface area contributed by atoms with Crippen molar-refractivity contribution in [3.8, 4) is 5.75 Å². The van der Waals surface area contributed by atoms with E-state index in [1.807, 2.05) is 31.2 Å². The van der Waals surface area contributed by atoms with Crippen LogP contribution in [0.4, 0.5) is 0 Å². The van der Waals surface area contributed by atoms with Gasteiger partial charge in [-0.1, -0.05) is 6.07 Å². The first-order valence-electron chi connectivity index (χ1n) is 10.1. The largest absolute Gasteiger partial charge is 0.497 e. The second-order valence-electron chi connectivity index (χ2n) is 7.68. The van der Waals surface area contributed by atoms with E-state index in [-0.39, 0.29) is 18.1 Å². The van der Waals surface area contributed by atoms with Crippen LogP contribution < -0.4 is 10.1 Å². The summed E-state index contributed by atoms with van der Waals surface area (Å²) in [7, 11) is 1.65. The van der Waals surface area contributed by atoms with Crippen molar-refractivity contribution in [3.05, 3.63) is 36.2 Å². The summed E-state index contributed by atoms with van der Waals surface area (Å²) in [5.74, 6) is 0.678. The van der Waals surface area contributed by atoms with E-state index in [9.17, 15) is 4.79 Å². The van der Waals surface area contributed by atoms with E-state index in [4.69, 9.17) is 14.2 Å². The first-order valence-corrected chi connectivity index (χ1v) is 10.1. The fourth-order valence-corrected chi connectivity index (χ4v) is 4.38. The number of aromatic nitrogens is 1. The molecule has 6 heteroatoms. The molecule has 0 radical (unpaired) electrons. The summed E-state index contributed by atoms with van der Waals surface area (Å²) in [6.07, 6.45) is 6.18. The summed E-state index contributed by atoms with van der Waals surface area (Å²) in [5, 5.41) is 5.20. The Morgan fingerprint density at radius 3 is 2.89 bits per heavy atom. The number of fused-ring (bicyclic) bond motifs is 1. The van der Waals surface area contributed by atoms with Crippen molar-refractivity contribution < 1.29 is 19.0 Å². The minimum Gasteiger partial charge on any atom is -0.497 e. The van der Waals surface area contributed by atoms with Gasteiger partial charge in [-0.15, -0.1) is 0 Å². The number of nitrogens with zero attached hydrogens (tertiary/aromatic N) is 1. The number of pyridine rings is 1. The molecule has 1 amide bonds. The van der Waals surface area contributed by atoms with Crippen molar-refractivity contribution in [2.75, 3.05) is 20.3 Å². The number of amides is 1. The van der Waals surface area contributed by atoms with Gasteiger partial charge >= 0.3 is 0 Å². The molecule has 1 N–H and O–H groups in total. The van der Waals surface area contributed by atoms with Crippen LogP contribution in [0, 0.1) is 0 Å². The molecule has 6 nitrogen and oxygen atoms in total. The molecular weight excluding hydrogens is 356 g/mol. The number of carbonyl (C=O) groups excluding carboxylic acids is 1. The SMILES string of the molecule is COc1ccc2ccnc(C(C)NC(=O)C3(C4CCCCO4)CCCO3)c2c1. The minimum absolute atomic E-state index is 0.0916. The standard InChI is InChI=1S/C22H28N2O4/c1-15(20-18-14-17(26-2)8-7-16(18)9-11-23-20)24-21(25)22(10-5-13-28-22)19-6-3-4-12-27-19/h7-9,11,14-15,19H,3-6,10,12-13H2,1-2H3,(H,24,25). The first-order chi connectivity index (χ1) is 13.6. The van der Waals surface area contributed by atoms with Crippen molar-refractivity contribution in [2.24, 2.45) is 0 Å². The van der Waals surface area contributed by atoms with Gasteiger partial charge in [0.25, 0.3) is 5.91 Å². The first kappa shape index (κ1) is 19.2. The van der Waals surface area contributed by atoms with Crippen LogP contribution >= 0.6 is 0 Å². The van der Waals surface area contributed by atoms with Crippen LogP contribution in [0.15, 0.2) is 30.5 Å². The molecule has 3 heterocycles. The summed E-state index contributed by atoms with van der Waals surface area (Å²) in [5.41, 5.74) is -0.0563. The van der Waals surface area contributed by atoms with Gasteiger partial charge in [-0.05, 0) is 62.6 Å². The second-order valence-corrected chi connectivity index (χ2v) is 7.68. The van der Waals surface area contributed by atoms with Crippen molar-refractivity contribution in [2.45, 2.75) is 56.8 Å². The maximum atomic E-state index is 13.3. The third-order valence-corrected chi connectivity index (χ3v) is 5.90. The monoisotopic (exact) mass is 384 g/mol. The predicted molar refractivity (Wildman–Crippen MR) is 106 cm³/mol. The Bertz CT molecular complexity index is 842. The van der Waals surface area contributed by atoms with E-state index in [0.717, 1.165) is 47.9 Å². The highest BCUT2D eigenvalue weighted by Crippen LogP contribution is 2.36. The Morgan fingerprint density at radius 1 is 1.29 bits per heavy atom. The number of benzene rings is 1. The zero-order chi connectivity index (χ0) is 19.6. The molecule has 2 aliphatic heterocycles. The quantitative estimate of drug-likeness (QED) is 0.854. The number of carbonyl (C=O) groups is 1. The summed E-state index contributed by atoms with van der Waals surface area (Å²) in [6.45, 7) is 3.26. The van der Waals surface area contributed by atoms with E-state index in [0.29, 0.717) is 19.6 Å². The average Bonchev–Trinajstić information content (AvgIpc) is 3.25. The van der Waals surface area contributed by atoms with Gasteiger partial charge in [0.05, 0.1) is 24.9 Å². The number of nitrogens with one attached hydrogen (secondary N) is 1. The molecule has 0 saturated carbocycles. The van der Waals surface area contributed by atoms with Crippen molar-refractivity contribution >= 4 is 16.7 Å². The summed E-state index contributed by atoms with van der Waals surface area (Å²) < 4.78 is 17.3. The average molecular weight is 384 g/mol. The van der Waals surface area contributed by atoms with Gasteiger partial charge in [0.15, 0.2) is 5.60 Å². The van der Waals surface area contributed by atoms with Crippen LogP contribution in [-0.4, -0.2) is 42.9 Å². The number of ether oxygens (including phenoxy) is 3. The molecule has 0 bridgehead atoms. The molecule has 28 heavy (non-hydrogen) atoms. The number of hydrogen-bond acceptors (Lipinski definition) is 5. The normalized spacial score (nSPS) is 26.1. The number of hydrogen-bond donors (Lipinski definition) is 1. The van der Waals surface area contributed by atoms with Crippen LogP contribution in [0.25, 0.3) is 10.8 Å². The molecule has 0 spiro atoms. The van der Waals surface area contributed by atoms with E-state index >= 15 is 0 Å². The molecule has 2 aromatic rings. The smallest absolute Gasteiger partial charge is 0.255 e. The van der Waals surface area contributed by atoms with Gasteiger partial charge in [-0.3, -0.25) is 9.78 Å². The van der Waals surface area contributed by atoms with Crippen LogP contribution in [-0.2, 0) is 14.3 Å². The van der Waals surface area contributed by atoms with Crippen molar-refractivity contribution in [3.63, 3.8) is 0 Å². The molecule has 3 atom stereocenters. The third kappa shape index (κ3) is 3.47. The Morgan fingerprint density at radius 2 is 2.18 bits per heavy atom. The van der Waals surface area contributed by atoms with Crippen LogP contribution in [0.1, 0.15) is 50.8 Å². The zero-order valence-electron chi connectivity index (χ0n) is 16.6. The van der Waals surface area contributed by atoms with E-state index in [2.05, 4.69) is 10.3 Å². The van der Waals surface area contributed by atoms with E-state index < -0.39 is 5.60 Å². The lowest BCUT2D eigenvalue weighted by Crippen LogP contribution is -2.56. The van der Waals surface area contributed by atoms with Gasteiger partial charge in [-0.25, -0.2) is 0 Å². The van der Waals surface area contributed by atoms with Crippen LogP contribution in [0.5, 0.6) is 5.75 Å². The van der Waals surface area contributed by atoms with Gasteiger partial charge in [0.2, 0.25) is 0 Å². The van der Waals surface area contributed by atoms with Gasteiger partial charge in [-0.2, -0.15) is 0 Å².